The molecule has 0 unspecified atom stereocenters. The van der Waals surface area contributed by atoms with Gasteiger partial charge in [-0.15, -0.1) is 0 Å². The molecule has 7 heteroatoms. The molecule has 1 heterocycles. The van der Waals surface area contributed by atoms with Crippen molar-refractivity contribution < 1.29 is 14.1 Å². The van der Waals surface area contributed by atoms with Crippen molar-refractivity contribution >= 4 is 11.6 Å². The quantitative estimate of drug-likeness (QED) is 0.525. The normalized spacial score (nSPS) is 10.1. The highest BCUT2D eigenvalue weighted by molar-refractivity contribution is 5.92. The van der Waals surface area contributed by atoms with Crippen molar-refractivity contribution in [2.45, 2.75) is 6.54 Å². The van der Waals surface area contributed by atoms with E-state index in [0.717, 1.165) is 6.07 Å². The van der Waals surface area contributed by atoms with Crippen LogP contribution in [0.25, 0.3) is 0 Å². The Balaban J connectivity index is 2.09. The lowest BCUT2D eigenvalue weighted by Crippen LogP contribution is -2.24. The lowest BCUT2D eigenvalue weighted by atomic mass is 10.2. The van der Waals surface area contributed by atoms with Crippen LogP contribution in [0, 0.1) is 16.1 Å². The maximum absolute atomic E-state index is 12.9. The predicted octanol–water partition coefficient (Wildman–Crippen LogP) is 2.06. The van der Waals surface area contributed by atoms with Crippen molar-refractivity contribution in [3.63, 3.8) is 0 Å². The third-order valence-electron chi connectivity index (χ3n) is 2.58. The van der Waals surface area contributed by atoms with Gasteiger partial charge in [0.1, 0.15) is 5.69 Å². The summed E-state index contributed by atoms with van der Waals surface area (Å²) in [6, 6.07) is 9.91. The molecule has 1 N–H and O–H groups in total. The largest absolute Gasteiger partial charge is 0.346 e. The Hall–Kier alpha value is -2.83. The lowest BCUT2D eigenvalue weighted by Gasteiger charge is -2.05. The topological polar surface area (TPSA) is 85.1 Å². The van der Waals surface area contributed by atoms with E-state index in [1.54, 1.807) is 6.07 Å². The summed E-state index contributed by atoms with van der Waals surface area (Å²) in [5, 5.41) is 13.3. The maximum Gasteiger partial charge on any atom is 0.274 e. The standard InChI is InChI=1S/C13H10FN3O3/c14-12-7-3-5-10(16-12)13(18)15-8-9-4-1-2-6-11(9)17(19)20/h1-7H,8H2,(H,15,18). The molecule has 2 rings (SSSR count). The number of carbonyl (C=O) groups excluding carboxylic acids is 1. The van der Waals surface area contributed by atoms with Crippen molar-refractivity contribution in [3.8, 4) is 0 Å². The molecular formula is C13H10FN3O3. The van der Waals surface area contributed by atoms with Crippen LogP contribution in [-0.4, -0.2) is 15.8 Å². The molecule has 20 heavy (non-hydrogen) atoms. The molecule has 0 saturated carbocycles. The van der Waals surface area contributed by atoms with Gasteiger partial charge in [0.15, 0.2) is 0 Å². The first kappa shape index (κ1) is 13.6. The predicted molar refractivity (Wildman–Crippen MR) is 68.5 cm³/mol. The average molecular weight is 275 g/mol. The fraction of sp³-hybridized carbons (Fsp3) is 0.0769. The van der Waals surface area contributed by atoms with Crippen molar-refractivity contribution in [1.82, 2.24) is 10.3 Å². The van der Waals surface area contributed by atoms with E-state index in [2.05, 4.69) is 10.3 Å². The van der Waals surface area contributed by atoms with Crippen molar-refractivity contribution in [3.05, 3.63) is 69.8 Å². The van der Waals surface area contributed by atoms with Gasteiger partial charge in [0.05, 0.1) is 4.92 Å². The van der Waals surface area contributed by atoms with Gasteiger partial charge in [0.25, 0.3) is 11.6 Å². The summed E-state index contributed by atoms with van der Waals surface area (Å²) in [4.78, 5) is 25.5. The van der Waals surface area contributed by atoms with Gasteiger partial charge in [0.2, 0.25) is 5.95 Å². The maximum atomic E-state index is 12.9. The van der Waals surface area contributed by atoms with E-state index < -0.39 is 16.8 Å². The number of benzene rings is 1. The summed E-state index contributed by atoms with van der Waals surface area (Å²) in [6.45, 7) is -0.0336. The molecule has 1 aromatic heterocycles. The van der Waals surface area contributed by atoms with Gasteiger partial charge in [-0.05, 0) is 12.1 Å². The average Bonchev–Trinajstić information content (AvgIpc) is 2.45. The molecule has 0 bridgehead atoms. The first-order valence-corrected chi connectivity index (χ1v) is 5.71. The molecule has 0 aliphatic carbocycles. The second-order valence-corrected chi connectivity index (χ2v) is 3.91. The number of nitrogens with one attached hydrogen (secondary N) is 1. The number of hydrogen-bond acceptors (Lipinski definition) is 4. The zero-order chi connectivity index (χ0) is 14.5. The molecular weight excluding hydrogens is 265 g/mol. The molecule has 2 aromatic rings. The van der Waals surface area contributed by atoms with Gasteiger partial charge in [-0.3, -0.25) is 14.9 Å². The Morgan fingerprint density at radius 3 is 2.70 bits per heavy atom. The summed E-state index contributed by atoms with van der Waals surface area (Å²) in [6.07, 6.45) is 0. The second kappa shape index (κ2) is 5.87. The molecule has 1 amide bonds. The number of halogens is 1. The number of carbonyl (C=O) groups is 1. The van der Waals surface area contributed by atoms with Gasteiger partial charge in [-0.2, -0.15) is 4.39 Å². The fourth-order valence-corrected chi connectivity index (χ4v) is 1.64. The molecule has 102 valence electrons. The van der Waals surface area contributed by atoms with E-state index >= 15 is 0 Å². The molecule has 0 atom stereocenters. The zero-order valence-electron chi connectivity index (χ0n) is 10.2. The van der Waals surface area contributed by atoms with Crippen LogP contribution in [0.2, 0.25) is 0 Å². The highest BCUT2D eigenvalue weighted by Gasteiger charge is 2.14. The third kappa shape index (κ3) is 3.14. The van der Waals surface area contributed by atoms with E-state index in [0.29, 0.717) is 5.56 Å². The van der Waals surface area contributed by atoms with E-state index in [1.807, 2.05) is 0 Å². The van der Waals surface area contributed by atoms with Crippen LogP contribution >= 0.6 is 0 Å². The minimum atomic E-state index is -0.761. The number of para-hydroxylation sites is 1. The van der Waals surface area contributed by atoms with E-state index in [4.69, 9.17) is 0 Å². The number of nitrogens with zero attached hydrogens (tertiary/aromatic N) is 2. The minimum Gasteiger partial charge on any atom is -0.346 e. The molecule has 0 radical (unpaired) electrons. The minimum absolute atomic E-state index is 0.0336. The molecule has 0 saturated heterocycles. The van der Waals surface area contributed by atoms with E-state index in [9.17, 15) is 19.3 Å². The number of amides is 1. The zero-order valence-corrected chi connectivity index (χ0v) is 10.2. The monoisotopic (exact) mass is 275 g/mol. The van der Waals surface area contributed by atoms with Gasteiger partial charge in [-0.1, -0.05) is 24.3 Å². The first-order valence-electron chi connectivity index (χ1n) is 5.71. The van der Waals surface area contributed by atoms with Crippen LogP contribution in [0.4, 0.5) is 10.1 Å². The Morgan fingerprint density at radius 1 is 1.25 bits per heavy atom. The number of aromatic nitrogens is 1. The van der Waals surface area contributed by atoms with E-state index in [-0.39, 0.29) is 17.9 Å². The lowest BCUT2D eigenvalue weighted by molar-refractivity contribution is -0.385. The van der Waals surface area contributed by atoms with Gasteiger partial charge < -0.3 is 5.32 Å². The Kier molecular flexibility index (Phi) is 3.99. The summed E-state index contributed by atoms with van der Waals surface area (Å²) in [5.74, 6) is -1.36. The second-order valence-electron chi connectivity index (χ2n) is 3.91. The van der Waals surface area contributed by atoms with Crippen molar-refractivity contribution in [2.75, 3.05) is 0 Å². The summed E-state index contributed by atoms with van der Waals surface area (Å²) in [5.41, 5.74) is 0.200. The number of nitro benzene ring substituents is 1. The Labute approximate surface area is 113 Å². The fourth-order valence-electron chi connectivity index (χ4n) is 1.64. The number of nitro groups is 1. The van der Waals surface area contributed by atoms with Gasteiger partial charge in [0, 0.05) is 18.2 Å². The van der Waals surface area contributed by atoms with Crippen LogP contribution in [0.15, 0.2) is 42.5 Å². The SMILES string of the molecule is O=C(NCc1ccccc1[N+](=O)[O-])c1cccc(F)n1. The molecule has 0 aliphatic heterocycles. The number of hydrogen-bond donors (Lipinski definition) is 1. The summed E-state index contributed by atoms with van der Waals surface area (Å²) < 4.78 is 12.9. The third-order valence-corrected chi connectivity index (χ3v) is 2.58. The highest BCUT2D eigenvalue weighted by atomic mass is 19.1. The van der Waals surface area contributed by atoms with Crippen LogP contribution in [0.3, 0.4) is 0 Å². The first-order chi connectivity index (χ1) is 9.58. The molecule has 0 aliphatic rings. The highest BCUT2D eigenvalue weighted by Crippen LogP contribution is 2.17. The molecule has 6 nitrogen and oxygen atoms in total. The molecule has 0 fully saturated rings. The van der Waals surface area contributed by atoms with Gasteiger partial charge >= 0.3 is 0 Å². The van der Waals surface area contributed by atoms with E-state index in [1.165, 1.54) is 30.3 Å². The molecule has 1 aromatic carbocycles. The Bertz CT molecular complexity index is 661. The summed E-state index contributed by atoms with van der Waals surface area (Å²) in [7, 11) is 0. The van der Waals surface area contributed by atoms with Crippen LogP contribution in [0.1, 0.15) is 16.1 Å². The van der Waals surface area contributed by atoms with Gasteiger partial charge in [-0.25, -0.2) is 4.98 Å². The Morgan fingerprint density at radius 2 is 2.00 bits per heavy atom. The summed E-state index contributed by atoms with van der Waals surface area (Å²) >= 11 is 0. The number of rotatable bonds is 4. The van der Waals surface area contributed by atoms with Crippen LogP contribution < -0.4 is 5.32 Å². The van der Waals surface area contributed by atoms with Crippen molar-refractivity contribution in [1.29, 1.82) is 0 Å². The van der Waals surface area contributed by atoms with Crippen LogP contribution in [-0.2, 0) is 6.54 Å². The van der Waals surface area contributed by atoms with Crippen LogP contribution in [0.5, 0.6) is 0 Å². The smallest absolute Gasteiger partial charge is 0.274 e. The van der Waals surface area contributed by atoms with Crippen molar-refractivity contribution in [2.24, 2.45) is 0 Å². The number of pyridine rings is 1. The molecule has 0 spiro atoms.